The summed E-state index contributed by atoms with van der Waals surface area (Å²) in [7, 11) is 0. The Hall–Kier alpha value is -6.88. The fraction of sp³-hybridized carbons (Fsp3) is 0.0435. The number of benzene rings is 7. The van der Waals surface area contributed by atoms with Crippen molar-refractivity contribution in [2.45, 2.75) is 13.8 Å². The molecule has 0 aliphatic carbocycles. The van der Waals surface area contributed by atoms with Crippen molar-refractivity contribution in [3.05, 3.63) is 157 Å². The second-order valence-corrected chi connectivity index (χ2v) is 12.4. The van der Waals surface area contributed by atoms with Gasteiger partial charge in [0, 0.05) is 38.0 Å². The fourth-order valence-electron chi connectivity index (χ4n) is 7.72. The average molecular weight is 639 g/mol. The molecule has 7 aromatic carbocycles. The van der Waals surface area contributed by atoms with Crippen molar-refractivity contribution in [1.29, 1.82) is 10.5 Å². The van der Waals surface area contributed by atoms with E-state index in [-0.39, 0.29) is 0 Å². The van der Waals surface area contributed by atoms with Gasteiger partial charge in [0.15, 0.2) is 0 Å². The third-order valence-electron chi connectivity index (χ3n) is 9.87. The van der Waals surface area contributed by atoms with Crippen molar-refractivity contribution in [1.82, 2.24) is 8.97 Å². The first-order valence-corrected chi connectivity index (χ1v) is 17.0. The maximum Gasteiger partial charge on any atom is 0.0992 e. The van der Waals surface area contributed by atoms with Crippen molar-refractivity contribution in [3.8, 4) is 40.1 Å². The molecule has 0 fully saturated rings. The molecular formula is C46H30N4. The first kappa shape index (κ1) is 29.3. The van der Waals surface area contributed by atoms with E-state index in [0.717, 1.165) is 54.8 Å². The van der Waals surface area contributed by atoms with Crippen LogP contribution in [0.2, 0.25) is 0 Å². The highest BCUT2D eigenvalue weighted by Gasteiger charge is 2.22. The molecule has 0 amide bonds. The Balaban J connectivity index is 0.00000165. The van der Waals surface area contributed by atoms with Gasteiger partial charge in [0.05, 0.1) is 50.8 Å². The average Bonchev–Trinajstić information content (AvgIpc) is 3.82. The van der Waals surface area contributed by atoms with Crippen LogP contribution in [0.5, 0.6) is 0 Å². The highest BCUT2D eigenvalue weighted by Crippen LogP contribution is 2.43. The maximum atomic E-state index is 9.78. The topological polar surface area (TPSA) is 56.9 Å². The van der Waals surface area contributed by atoms with Gasteiger partial charge in [0.25, 0.3) is 0 Å². The number of hydrogen-bond donors (Lipinski definition) is 0. The molecule has 4 nitrogen and oxygen atoms in total. The minimum Gasteiger partial charge on any atom is -0.309 e. The standard InChI is InChI=1S/C44H24N4.C2H6/c45-25-27-11-15-34-38-23-33(24-39-35-16-12-28(26-46)20-43(35)48(44(38)39)42(34)19-27)47-40-17-13-31(29-7-3-1-4-8-29)21-36(40)37-22-32(14-18-41(37)47)30-9-5-2-6-10-30;1-2/h1-24H;1-2H3. The molecule has 0 bridgehead atoms. The lowest BCUT2D eigenvalue weighted by Gasteiger charge is -2.10. The molecule has 0 aliphatic heterocycles. The first-order valence-electron chi connectivity index (χ1n) is 17.0. The smallest absolute Gasteiger partial charge is 0.0992 e. The lowest BCUT2D eigenvalue weighted by Crippen LogP contribution is -1.94. The van der Waals surface area contributed by atoms with Crippen LogP contribution in [0, 0.1) is 22.7 Å². The molecule has 50 heavy (non-hydrogen) atoms. The second kappa shape index (κ2) is 11.4. The van der Waals surface area contributed by atoms with E-state index in [1.807, 2.05) is 38.1 Å². The molecule has 0 unspecified atom stereocenters. The summed E-state index contributed by atoms with van der Waals surface area (Å²) in [5, 5.41) is 26.3. The summed E-state index contributed by atoms with van der Waals surface area (Å²) in [5.74, 6) is 0. The molecule has 10 rings (SSSR count). The van der Waals surface area contributed by atoms with Crippen LogP contribution in [-0.4, -0.2) is 8.97 Å². The second-order valence-electron chi connectivity index (χ2n) is 12.4. The quantitative estimate of drug-likeness (QED) is 0.193. The van der Waals surface area contributed by atoms with Gasteiger partial charge < -0.3 is 8.97 Å². The molecule has 0 saturated carbocycles. The zero-order valence-corrected chi connectivity index (χ0v) is 27.6. The summed E-state index contributed by atoms with van der Waals surface area (Å²) in [5.41, 5.74) is 12.3. The predicted octanol–water partition coefficient (Wildman–Crippen LogP) is 12.0. The van der Waals surface area contributed by atoms with Crippen molar-refractivity contribution in [2.75, 3.05) is 0 Å². The molecule has 10 aromatic rings. The van der Waals surface area contributed by atoms with Gasteiger partial charge in [-0.2, -0.15) is 10.5 Å². The lowest BCUT2D eigenvalue weighted by molar-refractivity contribution is 1.19. The monoisotopic (exact) mass is 638 g/mol. The number of rotatable bonds is 3. The highest BCUT2D eigenvalue weighted by atomic mass is 15.0. The number of fused-ring (bicyclic) bond motifs is 9. The van der Waals surface area contributed by atoms with E-state index in [1.54, 1.807) is 0 Å². The Morgan fingerprint density at radius 1 is 0.400 bits per heavy atom. The van der Waals surface area contributed by atoms with Gasteiger partial charge in [-0.15, -0.1) is 0 Å². The highest BCUT2D eigenvalue weighted by molar-refractivity contribution is 6.24. The predicted molar refractivity (Wildman–Crippen MR) is 207 cm³/mol. The van der Waals surface area contributed by atoms with E-state index in [4.69, 9.17) is 0 Å². The Labute approximate surface area is 289 Å². The van der Waals surface area contributed by atoms with Gasteiger partial charge in [-0.3, -0.25) is 0 Å². The van der Waals surface area contributed by atoms with Gasteiger partial charge in [0.2, 0.25) is 0 Å². The van der Waals surface area contributed by atoms with Crippen LogP contribution in [0.1, 0.15) is 25.0 Å². The maximum absolute atomic E-state index is 9.78. The summed E-state index contributed by atoms with van der Waals surface area (Å²) in [6.07, 6.45) is 0. The molecule has 0 spiro atoms. The summed E-state index contributed by atoms with van der Waals surface area (Å²) >= 11 is 0. The molecule has 3 heterocycles. The van der Waals surface area contributed by atoms with Gasteiger partial charge in [-0.05, 0) is 82.9 Å². The third-order valence-corrected chi connectivity index (χ3v) is 9.87. The van der Waals surface area contributed by atoms with E-state index in [2.05, 4.69) is 142 Å². The molecule has 234 valence electrons. The molecule has 0 aliphatic rings. The van der Waals surface area contributed by atoms with Gasteiger partial charge in [-0.25, -0.2) is 0 Å². The number of hydrogen-bond acceptors (Lipinski definition) is 2. The molecule has 0 radical (unpaired) electrons. The van der Waals surface area contributed by atoms with Gasteiger partial charge in [-0.1, -0.05) is 98.8 Å². The van der Waals surface area contributed by atoms with E-state index in [1.165, 1.54) is 33.0 Å². The van der Waals surface area contributed by atoms with Crippen LogP contribution >= 0.6 is 0 Å². The van der Waals surface area contributed by atoms with Crippen LogP contribution in [0.15, 0.2) is 146 Å². The summed E-state index contributed by atoms with van der Waals surface area (Å²) < 4.78 is 4.61. The molecule has 4 heteroatoms. The molecular weight excluding hydrogens is 609 g/mol. The SMILES string of the molecule is CC.N#Cc1ccc2c3cc(-n4c5ccc(-c6ccccc6)cc5c5cc(-c6ccccc6)ccc54)cc4c5ccc(C#N)cc5n(c2c1)c34. The lowest BCUT2D eigenvalue weighted by atomic mass is 10.0. The minimum atomic E-state index is 0.610. The van der Waals surface area contributed by atoms with Crippen LogP contribution < -0.4 is 0 Å². The van der Waals surface area contributed by atoms with E-state index >= 15 is 0 Å². The largest absolute Gasteiger partial charge is 0.309 e. The van der Waals surface area contributed by atoms with Crippen molar-refractivity contribution in [3.63, 3.8) is 0 Å². The van der Waals surface area contributed by atoms with Crippen LogP contribution in [-0.2, 0) is 0 Å². The van der Waals surface area contributed by atoms with Crippen molar-refractivity contribution >= 4 is 59.9 Å². The van der Waals surface area contributed by atoms with E-state index in [9.17, 15) is 10.5 Å². The fourth-order valence-corrected chi connectivity index (χ4v) is 7.72. The number of nitrogens with zero attached hydrogens (tertiary/aromatic N) is 4. The van der Waals surface area contributed by atoms with E-state index in [0.29, 0.717) is 11.1 Å². The molecule has 3 aromatic heterocycles. The van der Waals surface area contributed by atoms with Gasteiger partial charge in [0.1, 0.15) is 0 Å². The molecule has 0 N–H and O–H groups in total. The number of aromatic nitrogens is 2. The Morgan fingerprint density at radius 2 is 0.860 bits per heavy atom. The summed E-state index contributed by atoms with van der Waals surface area (Å²) in [4.78, 5) is 0. The van der Waals surface area contributed by atoms with Crippen molar-refractivity contribution < 1.29 is 0 Å². The Morgan fingerprint density at radius 3 is 1.30 bits per heavy atom. The Kier molecular flexibility index (Phi) is 6.66. The zero-order chi connectivity index (χ0) is 33.9. The minimum absolute atomic E-state index is 0.610. The molecule has 0 atom stereocenters. The number of nitriles is 2. The van der Waals surface area contributed by atoms with Crippen LogP contribution in [0.4, 0.5) is 0 Å². The normalized spacial score (nSPS) is 11.4. The van der Waals surface area contributed by atoms with Gasteiger partial charge >= 0.3 is 0 Å². The van der Waals surface area contributed by atoms with Crippen LogP contribution in [0.25, 0.3) is 87.8 Å². The summed E-state index contributed by atoms with van der Waals surface area (Å²) in [6, 6.07) is 55.7. The molecule has 0 saturated heterocycles. The van der Waals surface area contributed by atoms with Crippen LogP contribution in [0.3, 0.4) is 0 Å². The van der Waals surface area contributed by atoms with E-state index < -0.39 is 0 Å². The first-order chi connectivity index (χ1) is 24.7. The third kappa shape index (κ3) is 4.23. The zero-order valence-electron chi connectivity index (χ0n) is 27.6. The Bertz CT molecular complexity index is 2810. The van der Waals surface area contributed by atoms with Crippen molar-refractivity contribution in [2.24, 2.45) is 0 Å². The summed E-state index contributed by atoms with van der Waals surface area (Å²) in [6.45, 7) is 4.00.